The number of aliphatic imine (C=N–C) groups is 1. The van der Waals surface area contributed by atoms with Crippen molar-refractivity contribution in [3.8, 4) is 5.75 Å². The molecule has 0 unspecified atom stereocenters. The Hall–Kier alpha value is -3.06. The molecule has 0 saturated heterocycles. The number of aromatic nitrogens is 1. The normalized spacial score (nSPS) is 13.7. The zero-order valence-corrected chi connectivity index (χ0v) is 17.2. The molecule has 4 rings (SSSR count). The van der Waals surface area contributed by atoms with Crippen LogP contribution in [0.3, 0.4) is 0 Å². The number of hydrogen-bond acceptors (Lipinski definition) is 3. The minimum atomic E-state index is -0.266. The lowest BCUT2D eigenvalue weighted by molar-refractivity contribution is -0.0172. The molecule has 0 aliphatic carbocycles. The predicted octanol–water partition coefficient (Wildman–Crippen LogP) is 3.44. The second-order valence-corrected chi connectivity index (χ2v) is 7.26. The van der Waals surface area contributed by atoms with Crippen LogP contribution < -0.4 is 15.4 Å². The highest BCUT2D eigenvalue weighted by atomic mass is 19.1. The summed E-state index contributed by atoms with van der Waals surface area (Å²) in [5.41, 5.74) is 2.86. The number of aryl methyl sites for hydroxylation is 1. The van der Waals surface area contributed by atoms with Crippen LogP contribution in [0.25, 0.3) is 10.9 Å². The topological polar surface area (TPSA) is 59.8 Å². The Balaban J connectivity index is 1.23. The zero-order valence-electron chi connectivity index (χ0n) is 17.2. The first-order valence-corrected chi connectivity index (χ1v) is 10.2. The minimum absolute atomic E-state index is 0.207. The molecule has 0 bridgehead atoms. The second-order valence-electron chi connectivity index (χ2n) is 7.26. The lowest BCUT2D eigenvalue weighted by Gasteiger charge is -2.21. The number of hydrogen-bond donors (Lipinski definition) is 2. The van der Waals surface area contributed by atoms with Gasteiger partial charge in [-0.1, -0.05) is 18.2 Å². The van der Waals surface area contributed by atoms with E-state index >= 15 is 0 Å². The Morgan fingerprint density at radius 2 is 2.03 bits per heavy atom. The third-order valence-electron chi connectivity index (χ3n) is 5.21. The van der Waals surface area contributed by atoms with E-state index in [4.69, 9.17) is 9.47 Å². The molecule has 6 nitrogen and oxygen atoms in total. The van der Waals surface area contributed by atoms with Gasteiger partial charge in [-0.25, -0.2) is 4.39 Å². The molecule has 1 aliphatic rings. The average Bonchev–Trinajstić information content (AvgIpc) is 3.18. The summed E-state index contributed by atoms with van der Waals surface area (Å²) >= 11 is 0. The van der Waals surface area contributed by atoms with Crippen LogP contribution in [-0.4, -0.2) is 37.5 Å². The van der Waals surface area contributed by atoms with Crippen LogP contribution in [0.1, 0.15) is 17.5 Å². The highest BCUT2D eigenvalue weighted by Gasteiger charge is 2.16. The van der Waals surface area contributed by atoms with Gasteiger partial charge < -0.3 is 24.7 Å². The highest BCUT2D eigenvalue weighted by Crippen LogP contribution is 2.29. The maximum atomic E-state index is 13.9. The Labute approximate surface area is 175 Å². The van der Waals surface area contributed by atoms with Crippen LogP contribution in [-0.2, 0) is 24.3 Å². The molecule has 30 heavy (non-hydrogen) atoms. The average molecular weight is 410 g/mol. The smallest absolute Gasteiger partial charge is 0.190 e. The van der Waals surface area contributed by atoms with Crippen molar-refractivity contribution in [2.45, 2.75) is 26.0 Å². The summed E-state index contributed by atoms with van der Waals surface area (Å²) < 4.78 is 26.9. The summed E-state index contributed by atoms with van der Waals surface area (Å²) in [7, 11) is 1.75. The molecular weight excluding hydrogens is 383 g/mol. The Kier molecular flexibility index (Phi) is 6.49. The number of benzene rings is 2. The van der Waals surface area contributed by atoms with Crippen molar-refractivity contribution in [3.63, 3.8) is 0 Å². The predicted molar refractivity (Wildman–Crippen MR) is 116 cm³/mol. The van der Waals surface area contributed by atoms with Gasteiger partial charge in [0, 0.05) is 44.0 Å². The van der Waals surface area contributed by atoms with Crippen LogP contribution >= 0.6 is 0 Å². The fourth-order valence-corrected chi connectivity index (χ4v) is 3.77. The van der Waals surface area contributed by atoms with Gasteiger partial charge in [0.05, 0.1) is 6.61 Å². The van der Waals surface area contributed by atoms with Gasteiger partial charge in [0.1, 0.15) is 11.6 Å². The number of guanidine groups is 1. The van der Waals surface area contributed by atoms with E-state index in [9.17, 15) is 4.39 Å². The largest absolute Gasteiger partial charge is 0.467 e. The number of para-hydroxylation sites is 1. The van der Waals surface area contributed by atoms with Crippen LogP contribution in [0.15, 0.2) is 53.7 Å². The maximum Gasteiger partial charge on any atom is 0.190 e. The minimum Gasteiger partial charge on any atom is -0.467 e. The molecular formula is C23H27FN4O2. The van der Waals surface area contributed by atoms with Gasteiger partial charge >= 0.3 is 0 Å². The summed E-state index contributed by atoms with van der Waals surface area (Å²) in [4.78, 5) is 4.27. The summed E-state index contributed by atoms with van der Waals surface area (Å²) in [6.07, 6.45) is 3.74. The molecule has 0 atom stereocenters. The third kappa shape index (κ3) is 4.74. The molecule has 2 aromatic carbocycles. The summed E-state index contributed by atoms with van der Waals surface area (Å²) in [5, 5.41) is 7.89. The second kappa shape index (κ2) is 9.63. The first-order chi connectivity index (χ1) is 14.7. The van der Waals surface area contributed by atoms with E-state index in [0.717, 1.165) is 42.3 Å². The number of halogens is 1. The summed E-state index contributed by atoms with van der Waals surface area (Å²) in [6.45, 7) is 2.96. The number of rotatable bonds is 7. The highest BCUT2D eigenvalue weighted by molar-refractivity contribution is 5.80. The number of fused-ring (bicyclic) bond motifs is 2. The zero-order chi connectivity index (χ0) is 20.8. The van der Waals surface area contributed by atoms with Crippen molar-refractivity contribution in [2.75, 3.05) is 26.9 Å². The van der Waals surface area contributed by atoms with Crippen LogP contribution in [0.2, 0.25) is 0 Å². The molecule has 2 heterocycles. The summed E-state index contributed by atoms with van der Waals surface area (Å²) in [6, 6.07) is 13.5. The molecule has 2 N–H and O–H groups in total. The van der Waals surface area contributed by atoms with Gasteiger partial charge in [-0.15, -0.1) is 0 Å². The van der Waals surface area contributed by atoms with E-state index in [1.165, 1.54) is 23.0 Å². The standard InChI is InChI=1S/C23H27FN4O2/c1-25-23(26-9-4-11-28-12-8-17-5-2-3-6-21(17)28)27-10-7-18-13-20(24)14-19-15-29-16-30-22(18)19/h2-3,5-6,8,12-14H,4,7,9-11,15-16H2,1H3,(H2,25,26,27). The fraction of sp³-hybridized carbons (Fsp3) is 0.348. The monoisotopic (exact) mass is 410 g/mol. The van der Waals surface area contributed by atoms with Crippen LogP contribution in [0.4, 0.5) is 4.39 Å². The molecule has 158 valence electrons. The van der Waals surface area contributed by atoms with Crippen molar-refractivity contribution in [3.05, 3.63) is 65.6 Å². The van der Waals surface area contributed by atoms with Crippen LogP contribution in [0.5, 0.6) is 5.75 Å². The molecule has 0 fully saturated rings. The van der Waals surface area contributed by atoms with Gasteiger partial charge in [0.2, 0.25) is 0 Å². The van der Waals surface area contributed by atoms with Crippen molar-refractivity contribution in [1.82, 2.24) is 15.2 Å². The Morgan fingerprint density at radius 1 is 1.17 bits per heavy atom. The number of ether oxygens (including phenoxy) is 2. The van der Waals surface area contributed by atoms with Crippen molar-refractivity contribution in [2.24, 2.45) is 4.99 Å². The van der Waals surface area contributed by atoms with Gasteiger partial charge in [-0.3, -0.25) is 4.99 Å². The molecule has 1 aromatic heterocycles. The van der Waals surface area contributed by atoms with Gasteiger partial charge in [-0.2, -0.15) is 0 Å². The summed E-state index contributed by atoms with van der Waals surface area (Å²) in [5.74, 6) is 1.21. The molecule has 0 radical (unpaired) electrons. The molecule has 0 amide bonds. The molecule has 3 aromatic rings. The fourth-order valence-electron chi connectivity index (χ4n) is 3.77. The quantitative estimate of drug-likeness (QED) is 0.356. The van der Waals surface area contributed by atoms with Gasteiger partial charge in [0.15, 0.2) is 12.8 Å². The van der Waals surface area contributed by atoms with E-state index < -0.39 is 0 Å². The molecule has 1 aliphatic heterocycles. The first kappa shape index (κ1) is 20.2. The van der Waals surface area contributed by atoms with Gasteiger partial charge in [-0.05, 0) is 48.1 Å². The Bertz CT molecular complexity index is 1030. The van der Waals surface area contributed by atoms with Crippen molar-refractivity contribution >= 4 is 16.9 Å². The molecule has 0 saturated carbocycles. The third-order valence-corrected chi connectivity index (χ3v) is 5.21. The van der Waals surface area contributed by atoms with E-state index in [1.807, 2.05) is 0 Å². The first-order valence-electron chi connectivity index (χ1n) is 10.2. The Morgan fingerprint density at radius 3 is 2.93 bits per heavy atom. The molecule has 7 heteroatoms. The lowest BCUT2D eigenvalue weighted by Crippen LogP contribution is -2.39. The van der Waals surface area contributed by atoms with E-state index in [-0.39, 0.29) is 12.6 Å². The van der Waals surface area contributed by atoms with Crippen LogP contribution in [0, 0.1) is 5.82 Å². The maximum absolute atomic E-state index is 13.9. The van der Waals surface area contributed by atoms with Crippen molar-refractivity contribution < 1.29 is 13.9 Å². The van der Waals surface area contributed by atoms with Crippen molar-refractivity contribution in [1.29, 1.82) is 0 Å². The van der Waals surface area contributed by atoms with E-state index in [0.29, 0.717) is 19.6 Å². The number of nitrogens with zero attached hydrogens (tertiary/aromatic N) is 2. The number of nitrogens with one attached hydrogen (secondary N) is 2. The van der Waals surface area contributed by atoms with E-state index in [1.54, 1.807) is 7.05 Å². The van der Waals surface area contributed by atoms with E-state index in [2.05, 4.69) is 56.7 Å². The van der Waals surface area contributed by atoms with Gasteiger partial charge in [0.25, 0.3) is 0 Å². The lowest BCUT2D eigenvalue weighted by atomic mass is 10.1. The molecule has 0 spiro atoms. The SMILES string of the molecule is CN=C(NCCCn1ccc2ccccc21)NCCc1cc(F)cc2c1OCOC2.